The Hall–Kier alpha value is -2.57. The maximum Gasteiger partial charge on any atom is 0.323 e. The summed E-state index contributed by atoms with van der Waals surface area (Å²) in [5.41, 5.74) is 1.59. The summed E-state index contributed by atoms with van der Waals surface area (Å²) in [5, 5.41) is 33.2. The maximum atomic E-state index is 11.9. The number of carbonyl (C=O) groups is 1. The van der Waals surface area contributed by atoms with Gasteiger partial charge in [-0.3, -0.25) is 0 Å². The fraction of sp³-hybridized carbons (Fsp3) is 0.133. The molecule has 0 saturated carbocycles. The average molecular weight is 288 g/mol. The second-order valence-electron chi connectivity index (χ2n) is 4.40. The molecule has 0 aliphatic rings. The quantitative estimate of drug-likeness (QED) is 0.594. The van der Waals surface area contributed by atoms with E-state index in [2.05, 4.69) is 10.6 Å². The summed E-state index contributed by atoms with van der Waals surface area (Å²) in [6, 6.07) is 11.1. The van der Waals surface area contributed by atoms with Crippen LogP contribution in [-0.4, -0.2) is 21.4 Å². The fourth-order valence-corrected chi connectivity index (χ4v) is 1.86. The third kappa shape index (κ3) is 3.71. The van der Waals surface area contributed by atoms with Gasteiger partial charge in [0, 0.05) is 22.9 Å². The average Bonchev–Trinajstić information content (AvgIpc) is 2.48. The number of phenols is 1. The Labute approximate surface area is 121 Å². The molecule has 6 nitrogen and oxygen atoms in total. The minimum absolute atomic E-state index is 0.148. The SMILES string of the molecule is O=C(Nc1ccccc1)Nc1cc(O)c(CO)cc1CO. The maximum absolute atomic E-state index is 11.9. The predicted molar refractivity (Wildman–Crippen MR) is 79.0 cm³/mol. The van der Waals surface area contributed by atoms with Crippen LogP contribution in [0.5, 0.6) is 5.75 Å². The Kier molecular flexibility index (Phi) is 4.76. The first-order chi connectivity index (χ1) is 10.1. The molecule has 0 unspecified atom stereocenters. The van der Waals surface area contributed by atoms with Crippen molar-refractivity contribution < 1.29 is 20.1 Å². The van der Waals surface area contributed by atoms with Gasteiger partial charge in [0.05, 0.1) is 18.9 Å². The fourth-order valence-electron chi connectivity index (χ4n) is 1.86. The van der Waals surface area contributed by atoms with Crippen LogP contribution >= 0.6 is 0 Å². The molecule has 0 fully saturated rings. The largest absolute Gasteiger partial charge is 0.508 e. The molecule has 0 heterocycles. The van der Waals surface area contributed by atoms with Crippen molar-refractivity contribution in [3.05, 3.63) is 53.6 Å². The van der Waals surface area contributed by atoms with Crippen molar-refractivity contribution >= 4 is 17.4 Å². The summed E-state index contributed by atoms with van der Waals surface area (Å²) in [5.74, 6) is -0.148. The zero-order valence-corrected chi connectivity index (χ0v) is 11.2. The minimum Gasteiger partial charge on any atom is -0.508 e. The van der Waals surface area contributed by atoms with E-state index in [9.17, 15) is 15.0 Å². The van der Waals surface area contributed by atoms with Gasteiger partial charge >= 0.3 is 6.03 Å². The molecule has 2 aromatic rings. The van der Waals surface area contributed by atoms with Crippen LogP contribution in [0.2, 0.25) is 0 Å². The lowest BCUT2D eigenvalue weighted by atomic mass is 10.1. The van der Waals surface area contributed by atoms with E-state index >= 15 is 0 Å². The number of hydrogen-bond donors (Lipinski definition) is 5. The first kappa shape index (κ1) is 14.8. The number of aliphatic hydroxyl groups excluding tert-OH is 2. The number of urea groups is 1. The van der Waals surface area contributed by atoms with Gasteiger partial charge in [-0.25, -0.2) is 4.79 Å². The predicted octanol–water partition coefficient (Wildman–Crippen LogP) is 2.02. The van der Waals surface area contributed by atoms with E-state index < -0.39 is 6.03 Å². The normalized spacial score (nSPS) is 10.2. The molecule has 0 radical (unpaired) electrons. The monoisotopic (exact) mass is 288 g/mol. The second-order valence-corrected chi connectivity index (χ2v) is 4.40. The highest BCUT2D eigenvalue weighted by atomic mass is 16.3. The highest BCUT2D eigenvalue weighted by Crippen LogP contribution is 2.27. The van der Waals surface area contributed by atoms with E-state index in [1.165, 1.54) is 12.1 Å². The first-order valence-corrected chi connectivity index (χ1v) is 6.33. The molecule has 0 aliphatic carbocycles. The van der Waals surface area contributed by atoms with Gasteiger partial charge in [-0.1, -0.05) is 18.2 Å². The van der Waals surface area contributed by atoms with E-state index in [4.69, 9.17) is 5.11 Å². The number of benzene rings is 2. The van der Waals surface area contributed by atoms with Gasteiger partial charge in [-0.2, -0.15) is 0 Å². The van der Waals surface area contributed by atoms with Gasteiger partial charge in [-0.05, 0) is 18.2 Å². The molecule has 0 spiro atoms. The first-order valence-electron chi connectivity index (χ1n) is 6.33. The summed E-state index contributed by atoms with van der Waals surface area (Å²) in [6.07, 6.45) is 0. The van der Waals surface area contributed by atoms with Crippen molar-refractivity contribution in [2.45, 2.75) is 13.2 Å². The van der Waals surface area contributed by atoms with Crippen molar-refractivity contribution in [2.75, 3.05) is 10.6 Å². The van der Waals surface area contributed by atoms with Crippen molar-refractivity contribution in [1.82, 2.24) is 0 Å². The lowest BCUT2D eigenvalue weighted by Gasteiger charge is -2.13. The summed E-state index contributed by atoms with van der Waals surface area (Å²) in [4.78, 5) is 11.9. The number of hydrogen-bond acceptors (Lipinski definition) is 4. The zero-order chi connectivity index (χ0) is 15.2. The van der Waals surface area contributed by atoms with Gasteiger partial charge in [-0.15, -0.1) is 0 Å². The van der Waals surface area contributed by atoms with E-state index in [1.807, 2.05) is 6.07 Å². The molecule has 6 heteroatoms. The number of aliphatic hydroxyl groups is 2. The summed E-state index contributed by atoms with van der Waals surface area (Å²) in [7, 11) is 0. The van der Waals surface area contributed by atoms with Gasteiger partial charge < -0.3 is 26.0 Å². The number of carbonyl (C=O) groups excluding carboxylic acids is 1. The van der Waals surface area contributed by atoms with Crippen molar-refractivity contribution in [3.8, 4) is 5.75 Å². The van der Waals surface area contributed by atoms with E-state index in [0.717, 1.165) is 0 Å². The number of anilines is 2. The van der Waals surface area contributed by atoms with Crippen LogP contribution in [0.15, 0.2) is 42.5 Å². The molecular formula is C15H16N2O4. The highest BCUT2D eigenvalue weighted by molar-refractivity contribution is 6.00. The van der Waals surface area contributed by atoms with Crippen molar-refractivity contribution in [3.63, 3.8) is 0 Å². The molecule has 0 bridgehead atoms. The zero-order valence-electron chi connectivity index (χ0n) is 11.2. The molecular weight excluding hydrogens is 272 g/mol. The van der Waals surface area contributed by atoms with Crippen LogP contribution in [0.3, 0.4) is 0 Å². The summed E-state index contributed by atoms with van der Waals surface area (Å²) >= 11 is 0. The van der Waals surface area contributed by atoms with Gasteiger partial charge in [0.25, 0.3) is 0 Å². The summed E-state index contributed by atoms with van der Waals surface area (Å²) < 4.78 is 0. The molecule has 2 rings (SSSR count). The number of rotatable bonds is 4. The molecule has 110 valence electrons. The number of amides is 2. The Morgan fingerprint density at radius 3 is 2.24 bits per heavy atom. The number of para-hydroxylation sites is 1. The molecule has 0 atom stereocenters. The van der Waals surface area contributed by atoms with Crippen molar-refractivity contribution in [2.24, 2.45) is 0 Å². The Balaban J connectivity index is 2.15. The third-order valence-electron chi connectivity index (χ3n) is 2.93. The molecule has 0 saturated heterocycles. The van der Waals surface area contributed by atoms with Crippen LogP contribution in [0.25, 0.3) is 0 Å². The van der Waals surface area contributed by atoms with Crippen LogP contribution in [0.4, 0.5) is 16.2 Å². The van der Waals surface area contributed by atoms with Crippen LogP contribution < -0.4 is 10.6 Å². The van der Waals surface area contributed by atoms with Crippen molar-refractivity contribution in [1.29, 1.82) is 0 Å². The van der Waals surface area contributed by atoms with Gasteiger partial charge in [0.2, 0.25) is 0 Å². The molecule has 2 aromatic carbocycles. The summed E-state index contributed by atoms with van der Waals surface area (Å²) in [6.45, 7) is -0.677. The van der Waals surface area contributed by atoms with Crippen LogP contribution in [-0.2, 0) is 13.2 Å². The van der Waals surface area contributed by atoms with Gasteiger partial charge in [0.1, 0.15) is 5.75 Å². The second kappa shape index (κ2) is 6.74. The lowest BCUT2D eigenvalue weighted by Crippen LogP contribution is -2.20. The lowest BCUT2D eigenvalue weighted by molar-refractivity contribution is 0.262. The van der Waals surface area contributed by atoms with E-state index in [1.54, 1.807) is 24.3 Å². The smallest absolute Gasteiger partial charge is 0.323 e. The third-order valence-corrected chi connectivity index (χ3v) is 2.93. The number of nitrogens with one attached hydrogen (secondary N) is 2. The highest BCUT2D eigenvalue weighted by Gasteiger charge is 2.11. The topological polar surface area (TPSA) is 102 Å². The molecule has 2 amide bonds. The minimum atomic E-state index is -0.493. The molecule has 0 aromatic heterocycles. The molecule has 5 N–H and O–H groups in total. The molecule has 0 aliphatic heterocycles. The molecule has 21 heavy (non-hydrogen) atoms. The van der Waals surface area contributed by atoms with Gasteiger partial charge in [0.15, 0.2) is 0 Å². The van der Waals surface area contributed by atoms with E-state index in [-0.39, 0.29) is 30.2 Å². The standard InChI is InChI=1S/C15H16N2O4/c18-8-10-6-11(9-19)14(20)7-13(10)17-15(21)16-12-4-2-1-3-5-12/h1-7,18-20H,8-9H2,(H2,16,17,21). The number of aromatic hydroxyl groups is 1. The Bertz CT molecular complexity index is 629. The van der Waals surface area contributed by atoms with Crippen LogP contribution in [0, 0.1) is 0 Å². The Morgan fingerprint density at radius 2 is 1.62 bits per heavy atom. The Morgan fingerprint density at radius 1 is 0.952 bits per heavy atom. The van der Waals surface area contributed by atoms with E-state index in [0.29, 0.717) is 11.3 Å². The van der Waals surface area contributed by atoms with Crippen LogP contribution in [0.1, 0.15) is 11.1 Å².